The van der Waals surface area contributed by atoms with Crippen LogP contribution in [-0.4, -0.2) is 61.4 Å². The van der Waals surface area contributed by atoms with Crippen molar-refractivity contribution in [3.63, 3.8) is 0 Å². The van der Waals surface area contributed by atoms with E-state index >= 15 is 0 Å². The van der Waals surface area contributed by atoms with E-state index in [0.717, 1.165) is 30.0 Å². The Morgan fingerprint density at radius 1 is 1.25 bits per heavy atom. The molecule has 132 valence electrons. The van der Waals surface area contributed by atoms with E-state index in [9.17, 15) is 9.59 Å². The van der Waals surface area contributed by atoms with Crippen LogP contribution >= 0.6 is 0 Å². The highest BCUT2D eigenvalue weighted by Gasteiger charge is 2.26. The fraction of sp³-hybridized carbons (Fsp3) is 0.556. The largest absolute Gasteiger partial charge is 0.494 e. The van der Waals surface area contributed by atoms with Crippen LogP contribution in [0.2, 0.25) is 0 Å². The summed E-state index contributed by atoms with van der Waals surface area (Å²) in [6.07, 6.45) is 0. The van der Waals surface area contributed by atoms with Crippen molar-refractivity contribution in [2.45, 2.75) is 26.8 Å². The molecule has 1 aliphatic heterocycles. The molecule has 6 heteroatoms. The minimum Gasteiger partial charge on any atom is -0.494 e. The van der Waals surface area contributed by atoms with Gasteiger partial charge in [-0.15, -0.1) is 0 Å². The van der Waals surface area contributed by atoms with Crippen LogP contribution in [0.25, 0.3) is 0 Å². The molecule has 1 fully saturated rings. The van der Waals surface area contributed by atoms with Crippen LogP contribution in [-0.2, 0) is 9.59 Å². The fourth-order valence-corrected chi connectivity index (χ4v) is 2.78. The number of piperazine rings is 1. The number of likely N-dealkylation sites (N-methyl/N-ethyl adjacent to an activating group) is 1. The summed E-state index contributed by atoms with van der Waals surface area (Å²) in [6, 6.07) is 5.56. The maximum Gasteiger partial charge on any atom is 0.311 e. The first-order valence-electron chi connectivity index (χ1n) is 8.44. The third-order valence-corrected chi connectivity index (χ3v) is 4.26. The second-order valence-electron chi connectivity index (χ2n) is 6.26. The van der Waals surface area contributed by atoms with E-state index in [1.54, 1.807) is 4.90 Å². The van der Waals surface area contributed by atoms with Crippen molar-refractivity contribution < 1.29 is 14.3 Å². The molecular formula is C18H27N3O3. The normalized spacial score (nSPS) is 16.6. The molecule has 0 bridgehead atoms. The van der Waals surface area contributed by atoms with Crippen molar-refractivity contribution in [1.82, 2.24) is 15.1 Å². The van der Waals surface area contributed by atoms with E-state index in [1.807, 2.05) is 46.0 Å². The Bertz CT molecular complexity index is 595. The number of carbonyl (C=O) groups excluding carboxylic acids is 2. The van der Waals surface area contributed by atoms with Gasteiger partial charge >= 0.3 is 11.8 Å². The molecule has 2 rings (SSSR count). The third kappa shape index (κ3) is 4.47. The zero-order chi connectivity index (χ0) is 17.7. The maximum atomic E-state index is 12.3. The van der Waals surface area contributed by atoms with Gasteiger partial charge in [-0.05, 0) is 33.9 Å². The summed E-state index contributed by atoms with van der Waals surface area (Å²) in [7, 11) is 2.01. The van der Waals surface area contributed by atoms with Crippen LogP contribution in [0.1, 0.15) is 31.0 Å². The fourth-order valence-electron chi connectivity index (χ4n) is 2.78. The average molecular weight is 333 g/mol. The molecule has 1 N–H and O–H groups in total. The molecule has 0 radical (unpaired) electrons. The van der Waals surface area contributed by atoms with E-state index in [4.69, 9.17) is 4.74 Å². The van der Waals surface area contributed by atoms with Gasteiger partial charge in [-0.1, -0.05) is 17.7 Å². The van der Waals surface area contributed by atoms with E-state index < -0.39 is 11.8 Å². The van der Waals surface area contributed by atoms with Crippen molar-refractivity contribution in [3.05, 3.63) is 29.3 Å². The first kappa shape index (κ1) is 18.3. The summed E-state index contributed by atoms with van der Waals surface area (Å²) in [5.41, 5.74) is 1.97. The van der Waals surface area contributed by atoms with Gasteiger partial charge in [0.15, 0.2) is 0 Å². The molecule has 1 heterocycles. The number of rotatable bonds is 4. The summed E-state index contributed by atoms with van der Waals surface area (Å²) >= 11 is 0. The van der Waals surface area contributed by atoms with Gasteiger partial charge in [0.05, 0.1) is 12.6 Å². The molecule has 1 atom stereocenters. The van der Waals surface area contributed by atoms with Gasteiger partial charge in [-0.3, -0.25) is 9.59 Å². The predicted octanol–water partition coefficient (Wildman–Crippen LogP) is 1.34. The van der Waals surface area contributed by atoms with Gasteiger partial charge in [0.25, 0.3) is 0 Å². The molecule has 1 saturated heterocycles. The van der Waals surface area contributed by atoms with Crippen molar-refractivity contribution in [2.75, 3.05) is 39.8 Å². The highest BCUT2D eigenvalue weighted by Crippen LogP contribution is 2.26. The Balaban J connectivity index is 2.03. The Kier molecular flexibility index (Phi) is 6.20. The van der Waals surface area contributed by atoms with Gasteiger partial charge in [0.2, 0.25) is 0 Å². The number of carbonyl (C=O) groups is 2. The van der Waals surface area contributed by atoms with Crippen LogP contribution in [0.3, 0.4) is 0 Å². The number of hydrogen-bond acceptors (Lipinski definition) is 4. The zero-order valence-electron chi connectivity index (χ0n) is 15.0. The van der Waals surface area contributed by atoms with Crippen LogP contribution in [0.15, 0.2) is 18.2 Å². The molecule has 1 aliphatic rings. The Morgan fingerprint density at radius 2 is 1.92 bits per heavy atom. The summed E-state index contributed by atoms with van der Waals surface area (Å²) in [6.45, 7) is 9.09. The van der Waals surface area contributed by atoms with E-state index in [-0.39, 0.29) is 6.04 Å². The Hall–Kier alpha value is -2.08. The van der Waals surface area contributed by atoms with Crippen LogP contribution in [0.5, 0.6) is 5.75 Å². The number of nitrogens with one attached hydrogen (secondary N) is 1. The van der Waals surface area contributed by atoms with Gasteiger partial charge in [0, 0.05) is 31.7 Å². The molecule has 1 unspecified atom stereocenters. The molecule has 1 aromatic rings. The smallest absolute Gasteiger partial charge is 0.311 e. The number of benzene rings is 1. The third-order valence-electron chi connectivity index (χ3n) is 4.26. The maximum absolute atomic E-state index is 12.3. The minimum absolute atomic E-state index is 0.296. The minimum atomic E-state index is -0.559. The zero-order valence-corrected chi connectivity index (χ0v) is 15.0. The van der Waals surface area contributed by atoms with Crippen LogP contribution in [0.4, 0.5) is 0 Å². The second kappa shape index (κ2) is 8.15. The molecule has 24 heavy (non-hydrogen) atoms. The average Bonchev–Trinajstić information content (AvgIpc) is 2.56. The SMILES string of the molecule is CCOc1ccc(C)cc1C(C)NC(=O)C(=O)N1CCN(C)CC1. The van der Waals surface area contributed by atoms with Crippen molar-refractivity contribution >= 4 is 11.8 Å². The molecule has 6 nitrogen and oxygen atoms in total. The van der Waals surface area contributed by atoms with Crippen LogP contribution in [0, 0.1) is 6.92 Å². The number of aryl methyl sites for hydroxylation is 1. The number of hydrogen-bond donors (Lipinski definition) is 1. The van der Waals surface area contributed by atoms with Gasteiger partial charge in [0.1, 0.15) is 5.75 Å². The van der Waals surface area contributed by atoms with Gasteiger partial charge in [-0.2, -0.15) is 0 Å². The standard InChI is InChI=1S/C18H27N3O3/c1-5-24-16-7-6-13(2)12-15(16)14(3)19-17(22)18(23)21-10-8-20(4)9-11-21/h6-7,12,14H,5,8-11H2,1-4H3,(H,19,22). The summed E-state index contributed by atoms with van der Waals surface area (Å²) in [4.78, 5) is 28.4. The lowest BCUT2D eigenvalue weighted by atomic mass is 10.0. The van der Waals surface area contributed by atoms with Crippen molar-refractivity contribution in [1.29, 1.82) is 0 Å². The lowest BCUT2D eigenvalue weighted by Gasteiger charge is -2.32. The topological polar surface area (TPSA) is 61.9 Å². The highest BCUT2D eigenvalue weighted by atomic mass is 16.5. The van der Waals surface area contributed by atoms with Crippen molar-refractivity contribution in [3.8, 4) is 5.75 Å². The first-order valence-corrected chi connectivity index (χ1v) is 8.44. The molecule has 0 saturated carbocycles. The van der Waals surface area contributed by atoms with E-state index in [1.165, 1.54) is 0 Å². The number of amides is 2. The molecule has 2 amide bonds. The quantitative estimate of drug-likeness (QED) is 0.845. The van der Waals surface area contributed by atoms with E-state index in [0.29, 0.717) is 19.7 Å². The summed E-state index contributed by atoms with van der Waals surface area (Å²) < 4.78 is 5.63. The monoisotopic (exact) mass is 333 g/mol. The lowest BCUT2D eigenvalue weighted by molar-refractivity contribution is -0.147. The molecule has 1 aromatic carbocycles. The first-order chi connectivity index (χ1) is 11.4. The second-order valence-corrected chi connectivity index (χ2v) is 6.26. The van der Waals surface area contributed by atoms with Crippen LogP contribution < -0.4 is 10.1 Å². The van der Waals surface area contributed by atoms with Gasteiger partial charge < -0.3 is 19.9 Å². The number of nitrogens with zero attached hydrogens (tertiary/aromatic N) is 2. The van der Waals surface area contributed by atoms with Crippen molar-refractivity contribution in [2.24, 2.45) is 0 Å². The number of ether oxygens (including phenoxy) is 1. The van der Waals surface area contributed by atoms with E-state index in [2.05, 4.69) is 10.2 Å². The Labute approximate surface area is 143 Å². The Morgan fingerprint density at radius 3 is 2.54 bits per heavy atom. The molecule has 0 spiro atoms. The lowest BCUT2D eigenvalue weighted by Crippen LogP contribution is -2.51. The predicted molar refractivity (Wildman–Crippen MR) is 93.0 cm³/mol. The summed E-state index contributed by atoms with van der Waals surface area (Å²) in [5, 5.41) is 2.81. The molecule has 0 aliphatic carbocycles. The van der Waals surface area contributed by atoms with Gasteiger partial charge in [-0.25, -0.2) is 0 Å². The summed E-state index contributed by atoms with van der Waals surface area (Å²) in [5.74, 6) is -0.278. The highest BCUT2D eigenvalue weighted by molar-refractivity contribution is 6.35. The molecular weight excluding hydrogens is 306 g/mol. The molecule has 0 aromatic heterocycles.